The summed E-state index contributed by atoms with van der Waals surface area (Å²) >= 11 is 3.43. The van der Waals surface area contributed by atoms with Gasteiger partial charge in [0.2, 0.25) is 0 Å². The number of benzene rings is 3. The normalized spacial score (nSPS) is 11.0. The van der Waals surface area contributed by atoms with Crippen LogP contribution in [0.25, 0.3) is 11.6 Å². The van der Waals surface area contributed by atoms with Crippen LogP contribution >= 0.6 is 15.9 Å². The van der Waals surface area contributed by atoms with Gasteiger partial charge in [0, 0.05) is 4.47 Å². The lowest BCUT2D eigenvalue weighted by Crippen LogP contribution is -1.94. The van der Waals surface area contributed by atoms with Crippen LogP contribution in [0.1, 0.15) is 22.3 Å². The van der Waals surface area contributed by atoms with E-state index in [1.807, 2.05) is 85.8 Å². The van der Waals surface area contributed by atoms with Crippen molar-refractivity contribution in [2.45, 2.75) is 13.5 Å². The van der Waals surface area contributed by atoms with Crippen molar-refractivity contribution < 1.29 is 4.74 Å². The minimum Gasteiger partial charge on any atom is -0.489 e. The van der Waals surface area contributed by atoms with Crippen molar-refractivity contribution in [3.05, 3.63) is 99.5 Å². The molecule has 0 N–H and O–H groups in total. The molecule has 3 aromatic carbocycles. The van der Waals surface area contributed by atoms with E-state index in [0.29, 0.717) is 12.2 Å². The number of halogens is 1. The van der Waals surface area contributed by atoms with Crippen molar-refractivity contribution in [2.75, 3.05) is 0 Å². The second-order valence-electron chi connectivity index (χ2n) is 6.02. The molecule has 0 spiro atoms. The van der Waals surface area contributed by atoms with Crippen LogP contribution in [0.5, 0.6) is 5.75 Å². The third-order valence-electron chi connectivity index (χ3n) is 3.99. The molecule has 3 rings (SSSR count). The van der Waals surface area contributed by atoms with Crippen molar-refractivity contribution in [3.63, 3.8) is 0 Å². The lowest BCUT2D eigenvalue weighted by atomic mass is 10.0. The summed E-state index contributed by atoms with van der Waals surface area (Å²) in [5.41, 5.74) is 4.84. The molecule has 2 nitrogen and oxygen atoms in total. The number of aryl methyl sites for hydroxylation is 1. The molecule has 0 saturated heterocycles. The van der Waals surface area contributed by atoms with Crippen LogP contribution in [0.15, 0.2) is 77.3 Å². The molecule has 0 unspecified atom stereocenters. The summed E-state index contributed by atoms with van der Waals surface area (Å²) in [4.78, 5) is 0. The van der Waals surface area contributed by atoms with Gasteiger partial charge in [-0.15, -0.1) is 0 Å². The maximum Gasteiger partial charge on any atom is 0.119 e. The van der Waals surface area contributed by atoms with Crippen LogP contribution in [0.3, 0.4) is 0 Å². The number of hydrogen-bond acceptors (Lipinski definition) is 2. The number of hydrogen-bond donors (Lipinski definition) is 0. The van der Waals surface area contributed by atoms with Crippen molar-refractivity contribution in [1.29, 1.82) is 5.26 Å². The SMILES string of the molecule is Cc1ccc(/C(C#N)=C\c2ccc(OCc3ccc(Br)cc3)cc2)cc1. The molecule has 3 aromatic rings. The number of rotatable bonds is 5. The predicted molar refractivity (Wildman–Crippen MR) is 110 cm³/mol. The van der Waals surface area contributed by atoms with Crippen molar-refractivity contribution in [3.8, 4) is 11.8 Å². The Bertz CT molecular complexity index is 933. The van der Waals surface area contributed by atoms with Crippen LogP contribution in [0.4, 0.5) is 0 Å². The van der Waals surface area contributed by atoms with Crippen LogP contribution in [0.2, 0.25) is 0 Å². The minimum absolute atomic E-state index is 0.523. The second-order valence-corrected chi connectivity index (χ2v) is 6.94. The topological polar surface area (TPSA) is 33.0 Å². The van der Waals surface area contributed by atoms with E-state index >= 15 is 0 Å². The highest BCUT2D eigenvalue weighted by Gasteiger charge is 2.02. The molecule has 0 heterocycles. The van der Waals surface area contributed by atoms with Crippen molar-refractivity contribution in [2.24, 2.45) is 0 Å². The Labute approximate surface area is 162 Å². The molecular formula is C23H18BrNO. The predicted octanol–water partition coefficient (Wildman–Crippen LogP) is 6.40. The first-order valence-corrected chi connectivity index (χ1v) is 9.09. The Morgan fingerprint density at radius 1 is 0.962 bits per heavy atom. The van der Waals surface area contributed by atoms with Gasteiger partial charge in [-0.2, -0.15) is 5.26 Å². The Balaban J connectivity index is 1.69. The Morgan fingerprint density at radius 2 is 1.62 bits per heavy atom. The van der Waals surface area contributed by atoms with Crippen LogP contribution in [-0.4, -0.2) is 0 Å². The van der Waals surface area contributed by atoms with Gasteiger partial charge in [-0.3, -0.25) is 0 Å². The van der Waals surface area contributed by atoms with E-state index in [4.69, 9.17) is 4.74 Å². The third-order valence-corrected chi connectivity index (χ3v) is 4.52. The van der Waals surface area contributed by atoms with E-state index < -0.39 is 0 Å². The van der Waals surface area contributed by atoms with E-state index in [2.05, 4.69) is 22.0 Å². The van der Waals surface area contributed by atoms with Gasteiger partial charge < -0.3 is 4.74 Å². The lowest BCUT2D eigenvalue weighted by Gasteiger charge is -2.07. The van der Waals surface area contributed by atoms with Crippen molar-refractivity contribution in [1.82, 2.24) is 0 Å². The summed E-state index contributed by atoms with van der Waals surface area (Å²) in [6, 6.07) is 26.1. The van der Waals surface area contributed by atoms with E-state index in [1.165, 1.54) is 5.56 Å². The third kappa shape index (κ3) is 4.84. The second kappa shape index (κ2) is 8.51. The molecule has 0 aliphatic heterocycles. The molecule has 26 heavy (non-hydrogen) atoms. The van der Waals surface area contributed by atoms with Gasteiger partial charge >= 0.3 is 0 Å². The van der Waals surface area contributed by atoms with Crippen LogP contribution in [0, 0.1) is 18.3 Å². The lowest BCUT2D eigenvalue weighted by molar-refractivity contribution is 0.306. The fourth-order valence-corrected chi connectivity index (χ4v) is 2.75. The molecule has 0 amide bonds. The number of ether oxygens (including phenoxy) is 1. The quantitative estimate of drug-likeness (QED) is 0.364. The highest BCUT2D eigenvalue weighted by atomic mass is 79.9. The van der Waals surface area contributed by atoms with E-state index in [-0.39, 0.29) is 0 Å². The summed E-state index contributed by atoms with van der Waals surface area (Å²) in [7, 11) is 0. The van der Waals surface area contributed by atoms with Crippen LogP contribution in [-0.2, 0) is 6.61 Å². The van der Waals surface area contributed by atoms with Gasteiger partial charge in [-0.1, -0.05) is 70.0 Å². The summed E-state index contributed by atoms with van der Waals surface area (Å²) in [6.07, 6.45) is 1.89. The van der Waals surface area contributed by atoms with E-state index in [9.17, 15) is 5.26 Å². The standard InChI is InChI=1S/C23H18BrNO/c1-17-2-8-20(9-3-17)21(15-25)14-18-6-12-23(13-7-18)26-16-19-4-10-22(24)11-5-19/h2-14H,16H2,1H3/b21-14-. The highest BCUT2D eigenvalue weighted by molar-refractivity contribution is 9.10. The van der Waals surface area contributed by atoms with Gasteiger partial charge in [0.25, 0.3) is 0 Å². The van der Waals surface area contributed by atoms with Crippen LogP contribution < -0.4 is 4.74 Å². The maximum atomic E-state index is 9.45. The Hall–Kier alpha value is -2.83. The van der Waals surface area contributed by atoms with Gasteiger partial charge in [0.1, 0.15) is 12.4 Å². The molecule has 3 heteroatoms. The van der Waals surface area contributed by atoms with E-state index in [1.54, 1.807) is 0 Å². The Morgan fingerprint density at radius 3 is 2.23 bits per heavy atom. The monoisotopic (exact) mass is 403 g/mol. The fourth-order valence-electron chi connectivity index (χ4n) is 2.49. The zero-order valence-electron chi connectivity index (χ0n) is 14.4. The molecule has 0 bridgehead atoms. The maximum absolute atomic E-state index is 9.45. The summed E-state index contributed by atoms with van der Waals surface area (Å²) in [6.45, 7) is 2.56. The molecule has 0 fully saturated rings. The minimum atomic E-state index is 0.523. The molecule has 0 saturated carbocycles. The first kappa shape index (κ1) is 18.0. The molecule has 128 valence electrons. The average Bonchev–Trinajstić information content (AvgIpc) is 2.67. The molecule has 0 aliphatic rings. The Kier molecular flexibility index (Phi) is 5.88. The summed E-state index contributed by atoms with van der Waals surface area (Å²) < 4.78 is 6.87. The fraction of sp³-hybridized carbons (Fsp3) is 0.0870. The smallest absolute Gasteiger partial charge is 0.119 e. The average molecular weight is 404 g/mol. The summed E-state index contributed by atoms with van der Waals surface area (Å²) in [5.74, 6) is 0.805. The van der Waals surface area contributed by atoms with Gasteiger partial charge in [-0.05, 0) is 54.0 Å². The highest BCUT2D eigenvalue weighted by Crippen LogP contribution is 2.21. The molecule has 0 atom stereocenters. The summed E-state index contributed by atoms with van der Waals surface area (Å²) in [5, 5.41) is 9.45. The zero-order chi connectivity index (χ0) is 18.4. The van der Waals surface area contributed by atoms with Gasteiger partial charge in [0.05, 0.1) is 11.6 Å². The number of nitrogens with zero attached hydrogens (tertiary/aromatic N) is 1. The first-order valence-electron chi connectivity index (χ1n) is 8.30. The molecule has 0 aromatic heterocycles. The molecule has 0 aliphatic carbocycles. The number of allylic oxidation sites excluding steroid dienone is 1. The zero-order valence-corrected chi connectivity index (χ0v) is 16.0. The molecule has 0 radical (unpaired) electrons. The van der Waals surface area contributed by atoms with Gasteiger partial charge in [0.15, 0.2) is 0 Å². The number of nitriles is 1. The first-order chi connectivity index (χ1) is 12.6. The largest absolute Gasteiger partial charge is 0.489 e. The van der Waals surface area contributed by atoms with Gasteiger partial charge in [-0.25, -0.2) is 0 Å². The van der Waals surface area contributed by atoms with E-state index in [0.717, 1.165) is 26.9 Å². The van der Waals surface area contributed by atoms with Crippen molar-refractivity contribution >= 4 is 27.6 Å². The molecular weight excluding hydrogens is 386 g/mol.